The molecule has 0 saturated carbocycles. The normalized spacial score (nSPS) is 12.4. The van der Waals surface area contributed by atoms with Gasteiger partial charge in [0.05, 0.1) is 0 Å². The van der Waals surface area contributed by atoms with E-state index in [4.69, 9.17) is 4.74 Å². The second-order valence-electron chi connectivity index (χ2n) is 4.88. The Morgan fingerprint density at radius 1 is 1.38 bits per heavy atom. The molecule has 5 heteroatoms. The van der Waals surface area contributed by atoms with E-state index >= 15 is 0 Å². The lowest BCUT2D eigenvalue weighted by molar-refractivity contribution is 0.284. The third kappa shape index (κ3) is 3.82. The van der Waals surface area contributed by atoms with E-state index in [0.717, 1.165) is 24.5 Å². The fraction of sp³-hybridized carbons (Fsp3) is 0.438. The minimum atomic E-state index is -0.253. The van der Waals surface area contributed by atoms with Gasteiger partial charge in [0.1, 0.15) is 24.0 Å². The summed E-state index contributed by atoms with van der Waals surface area (Å²) in [6, 6.07) is 4.66. The summed E-state index contributed by atoms with van der Waals surface area (Å²) in [4.78, 5) is 4.28. The Morgan fingerprint density at radius 3 is 2.90 bits per heavy atom. The summed E-state index contributed by atoms with van der Waals surface area (Å²) in [5.41, 5.74) is 0.825. The van der Waals surface area contributed by atoms with E-state index in [9.17, 15) is 4.39 Å². The molecule has 0 aliphatic rings. The van der Waals surface area contributed by atoms with E-state index in [-0.39, 0.29) is 11.9 Å². The lowest BCUT2D eigenvalue weighted by atomic mass is 10.1. The summed E-state index contributed by atoms with van der Waals surface area (Å²) in [7, 11) is 0. The van der Waals surface area contributed by atoms with Crippen molar-refractivity contribution in [2.75, 3.05) is 6.54 Å². The van der Waals surface area contributed by atoms with Crippen molar-refractivity contribution in [3.05, 3.63) is 47.8 Å². The number of rotatable bonds is 7. The molecule has 2 rings (SSSR count). The van der Waals surface area contributed by atoms with Crippen LogP contribution in [0, 0.1) is 5.82 Å². The minimum absolute atomic E-state index is 0.0339. The molecule has 21 heavy (non-hydrogen) atoms. The van der Waals surface area contributed by atoms with Gasteiger partial charge in [0.25, 0.3) is 0 Å². The van der Waals surface area contributed by atoms with Crippen LogP contribution < -0.4 is 10.1 Å². The summed E-state index contributed by atoms with van der Waals surface area (Å²) in [5, 5.41) is 3.28. The van der Waals surface area contributed by atoms with Crippen LogP contribution in [-0.2, 0) is 13.2 Å². The third-order valence-corrected chi connectivity index (χ3v) is 3.45. The van der Waals surface area contributed by atoms with E-state index in [1.807, 2.05) is 24.6 Å². The first-order valence-corrected chi connectivity index (χ1v) is 7.31. The van der Waals surface area contributed by atoms with Crippen molar-refractivity contribution in [3.63, 3.8) is 0 Å². The van der Waals surface area contributed by atoms with E-state index in [1.165, 1.54) is 12.1 Å². The topological polar surface area (TPSA) is 39.1 Å². The molecular weight excluding hydrogens is 269 g/mol. The second kappa shape index (κ2) is 7.22. The lowest BCUT2D eigenvalue weighted by Crippen LogP contribution is -2.19. The molecule has 0 aliphatic heterocycles. The molecule has 1 unspecified atom stereocenters. The number of benzene rings is 1. The number of hydrogen-bond donors (Lipinski definition) is 1. The molecule has 4 nitrogen and oxygen atoms in total. The van der Waals surface area contributed by atoms with Gasteiger partial charge in [-0.15, -0.1) is 0 Å². The van der Waals surface area contributed by atoms with Crippen LogP contribution in [0.3, 0.4) is 0 Å². The molecule has 1 heterocycles. The summed E-state index contributed by atoms with van der Waals surface area (Å²) in [5.74, 6) is 1.30. The average Bonchev–Trinajstić information content (AvgIpc) is 2.93. The van der Waals surface area contributed by atoms with Crippen LogP contribution in [0.1, 0.15) is 38.2 Å². The van der Waals surface area contributed by atoms with E-state index in [2.05, 4.69) is 17.2 Å². The van der Waals surface area contributed by atoms with Gasteiger partial charge in [0.2, 0.25) is 0 Å². The maximum atomic E-state index is 13.5. The molecule has 114 valence electrons. The van der Waals surface area contributed by atoms with Gasteiger partial charge in [-0.05, 0) is 38.6 Å². The van der Waals surface area contributed by atoms with Crippen molar-refractivity contribution in [1.29, 1.82) is 0 Å². The van der Waals surface area contributed by atoms with Crippen LogP contribution in [0.25, 0.3) is 0 Å². The minimum Gasteiger partial charge on any atom is -0.485 e. The summed E-state index contributed by atoms with van der Waals surface area (Å²) >= 11 is 0. The van der Waals surface area contributed by atoms with Crippen molar-refractivity contribution < 1.29 is 9.13 Å². The summed E-state index contributed by atoms with van der Waals surface area (Å²) in [6.45, 7) is 8.12. The average molecular weight is 291 g/mol. The third-order valence-electron chi connectivity index (χ3n) is 3.45. The summed E-state index contributed by atoms with van der Waals surface area (Å²) in [6.07, 6.45) is 3.68. The molecule has 1 N–H and O–H groups in total. The number of nitrogens with one attached hydrogen (secondary N) is 1. The standard InChI is InChI=1S/C16H22FN3O/c1-4-18-12(3)14-10-13(17)6-7-15(14)21-11-16-19-8-9-20(16)5-2/h6-10,12,18H,4-5,11H2,1-3H3. The molecular formula is C16H22FN3O. The highest BCUT2D eigenvalue weighted by molar-refractivity contribution is 5.36. The Bertz CT molecular complexity index is 583. The number of nitrogens with zero attached hydrogens (tertiary/aromatic N) is 2. The van der Waals surface area contributed by atoms with Crippen LogP contribution in [0.15, 0.2) is 30.6 Å². The molecule has 2 aromatic rings. The SMILES string of the molecule is CCNC(C)c1cc(F)ccc1OCc1nccn1CC. The van der Waals surface area contributed by atoms with Crippen LogP contribution in [0.2, 0.25) is 0 Å². The molecule has 0 saturated heterocycles. The van der Waals surface area contributed by atoms with Crippen LogP contribution >= 0.6 is 0 Å². The maximum Gasteiger partial charge on any atom is 0.146 e. The molecule has 1 atom stereocenters. The Morgan fingerprint density at radius 2 is 2.19 bits per heavy atom. The zero-order chi connectivity index (χ0) is 15.2. The Labute approximate surface area is 125 Å². The Kier molecular flexibility index (Phi) is 5.33. The number of aryl methyl sites for hydroxylation is 1. The number of aromatic nitrogens is 2. The number of hydrogen-bond acceptors (Lipinski definition) is 3. The van der Waals surface area contributed by atoms with Crippen molar-refractivity contribution in [2.45, 2.75) is 40.0 Å². The smallest absolute Gasteiger partial charge is 0.146 e. The highest BCUT2D eigenvalue weighted by atomic mass is 19.1. The van der Waals surface area contributed by atoms with Gasteiger partial charge >= 0.3 is 0 Å². The van der Waals surface area contributed by atoms with E-state index in [1.54, 1.807) is 12.3 Å². The quantitative estimate of drug-likeness (QED) is 0.851. The van der Waals surface area contributed by atoms with Gasteiger partial charge in [0.15, 0.2) is 0 Å². The van der Waals surface area contributed by atoms with Crippen LogP contribution in [-0.4, -0.2) is 16.1 Å². The molecule has 0 spiro atoms. The molecule has 1 aromatic heterocycles. The molecule has 0 fully saturated rings. The number of halogens is 1. The zero-order valence-electron chi connectivity index (χ0n) is 12.8. The first-order chi connectivity index (χ1) is 10.2. The van der Waals surface area contributed by atoms with E-state index < -0.39 is 0 Å². The second-order valence-corrected chi connectivity index (χ2v) is 4.88. The van der Waals surface area contributed by atoms with Gasteiger partial charge in [-0.25, -0.2) is 9.37 Å². The predicted octanol–water partition coefficient (Wildman–Crippen LogP) is 3.29. The molecule has 1 aromatic carbocycles. The molecule has 0 aliphatic carbocycles. The fourth-order valence-electron chi connectivity index (χ4n) is 2.32. The highest BCUT2D eigenvalue weighted by Crippen LogP contribution is 2.26. The Hall–Kier alpha value is -1.88. The zero-order valence-corrected chi connectivity index (χ0v) is 12.8. The molecule has 0 amide bonds. The van der Waals surface area contributed by atoms with Gasteiger partial charge in [-0.2, -0.15) is 0 Å². The van der Waals surface area contributed by atoms with Crippen LogP contribution in [0.5, 0.6) is 5.75 Å². The van der Waals surface area contributed by atoms with Crippen molar-refractivity contribution >= 4 is 0 Å². The highest BCUT2D eigenvalue weighted by Gasteiger charge is 2.13. The summed E-state index contributed by atoms with van der Waals surface area (Å²) < 4.78 is 21.4. The molecule has 0 radical (unpaired) electrons. The lowest BCUT2D eigenvalue weighted by Gasteiger charge is -2.18. The van der Waals surface area contributed by atoms with Crippen molar-refractivity contribution in [1.82, 2.24) is 14.9 Å². The number of ether oxygens (including phenoxy) is 1. The Balaban J connectivity index is 2.15. The van der Waals surface area contributed by atoms with Gasteiger partial charge < -0.3 is 14.6 Å². The maximum absolute atomic E-state index is 13.5. The van der Waals surface area contributed by atoms with E-state index in [0.29, 0.717) is 12.4 Å². The number of imidazole rings is 1. The molecule has 0 bridgehead atoms. The first-order valence-electron chi connectivity index (χ1n) is 7.31. The van der Waals surface area contributed by atoms with Crippen molar-refractivity contribution in [2.24, 2.45) is 0 Å². The monoisotopic (exact) mass is 291 g/mol. The van der Waals surface area contributed by atoms with Gasteiger partial charge in [0, 0.05) is 30.5 Å². The van der Waals surface area contributed by atoms with Crippen molar-refractivity contribution in [3.8, 4) is 5.75 Å². The largest absolute Gasteiger partial charge is 0.485 e. The van der Waals surface area contributed by atoms with Crippen LogP contribution in [0.4, 0.5) is 4.39 Å². The fourth-order valence-corrected chi connectivity index (χ4v) is 2.32. The van der Waals surface area contributed by atoms with Gasteiger partial charge in [-0.3, -0.25) is 0 Å². The predicted molar refractivity (Wildman–Crippen MR) is 80.7 cm³/mol. The first kappa shape index (κ1) is 15.5. The van der Waals surface area contributed by atoms with Gasteiger partial charge in [-0.1, -0.05) is 6.92 Å².